The van der Waals surface area contributed by atoms with Crippen LogP contribution in [0.3, 0.4) is 0 Å². The number of benzene rings is 1. The number of hydrogen-bond acceptors (Lipinski definition) is 3. The molecule has 0 amide bonds. The third-order valence-corrected chi connectivity index (χ3v) is 3.22. The zero-order chi connectivity index (χ0) is 13.9. The molecule has 0 bridgehead atoms. The van der Waals surface area contributed by atoms with Crippen molar-refractivity contribution in [3.8, 4) is 11.5 Å². The number of nitrogens with zero attached hydrogens (tertiary/aromatic N) is 3. The van der Waals surface area contributed by atoms with E-state index in [2.05, 4.69) is 15.2 Å². The molecule has 1 N–H and O–H groups in total. The molecule has 0 fully saturated rings. The summed E-state index contributed by atoms with van der Waals surface area (Å²) in [5, 5.41) is 6.98. The lowest BCUT2D eigenvalue weighted by molar-refractivity contribution is 0.626. The quantitative estimate of drug-likeness (QED) is 0.752. The summed E-state index contributed by atoms with van der Waals surface area (Å²) < 4.78 is 15.3. The molecule has 0 aliphatic rings. The summed E-state index contributed by atoms with van der Waals surface area (Å²) in [6.45, 7) is 0.515. The smallest absolute Gasteiger partial charge is 0.195 e. The molecule has 0 aliphatic carbocycles. The Morgan fingerprint density at radius 3 is 2.65 bits per heavy atom. The summed E-state index contributed by atoms with van der Waals surface area (Å²) in [7, 11) is 0. The van der Waals surface area contributed by atoms with E-state index in [-0.39, 0.29) is 5.82 Å². The molecule has 2 heterocycles. The predicted molar refractivity (Wildman–Crippen MR) is 76.1 cm³/mol. The van der Waals surface area contributed by atoms with Crippen LogP contribution in [0.5, 0.6) is 0 Å². The lowest BCUT2D eigenvalue weighted by atomic mass is 10.2. The van der Waals surface area contributed by atoms with Crippen LogP contribution in [0.25, 0.3) is 11.5 Å². The molecule has 4 nitrogen and oxygen atoms in total. The Kier molecular flexibility index (Phi) is 3.39. The van der Waals surface area contributed by atoms with Gasteiger partial charge in [0, 0.05) is 6.20 Å². The Bertz CT molecular complexity index is 762. The lowest BCUT2D eigenvalue weighted by Gasteiger charge is -2.06. The van der Waals surface area contributed by atoms with Crippen molar-refractivity contribution in [2.45, 2.75) is 6.54 Å². The van der Waals surface area contributed by atoms with Gasteiger partial charge in [0.25, 0.3) is 0 Å². The number of halogens is 1. The van der Waals surface area contributed by atoms with Crippen LogP contribution in [-0.4, -0.2) is 19.7 Å². The fourth-order valence-corrected chi connectivity index (χ4v) is 2.12. The van der Waals surface area contributed by atoms with Crippen molar-refractivity contribution < 1.29 is 4.39 Å². The number of hydrogen-bond donors (Lipinski definition) is 1. The monoisotopic (exact) mass is 286 g/mol. The minimum Gasteiger partial charge on any atom is -0.294 e. The molecule has 3 aromatic rings. The maximum absolute atomic E-state index is 12.9. The number of H-pyrrole nitrogens is 1. The molecule has 100 valence electrons. The average Bonchev–Trinajstić information content (AvgIpc) is 2.84. The van der Waals surface area contributed by atoms with E-state index in [9.17, 15) is 4.39 Å². The van der Waals surface area contributed by atoms with Crippen molar-refractivity contribution in [2.75, 3.05) is 0 Å². The zero-order valence-electron chi connectivity index (χ0n) is 10.5. The second-order valence-corrected chi connectivity index (χ2v) is 4.67. The average molecular weight is 286 g/mol. The van der Waals surface area contributed by atoms with E-state index in [0.29, 0.717) is 17.1 Å². The molecule has 0 spiro atoms. The minimum absolute atomic E-state index is 0.255. The van der Waals surface area contributed by atoms with Crippen molar-refractivity contribution in [1.29, 1.82) is 0 Å². The molecule has 20 heavy (non-hydrogen) atoms. The number of pyridine rings is 1. The van der Waals surface area contributed by atoms with Gasteiger partial charge in [-0.2, -0.15) is 5.10 Å². The Morgan fingerprint density at radius 2 is 1.95 bits per heavy atom. The van der Waals surface area contributed by atoms with Crippen molar-refractivity contribution in [3.05, 3.63) is 64.8 Å². The first-order valence-electron chi connectivity index (χ1n) is 6.05. The maximum Gasteiger partial charge on any atom is 0.195 e. The molecule has 0 radical (unpaired) electrons. The van der Waals surface area contributed by atoms with Crippen LogP contribution in [0.2, 0.25) is 0 Å². The minimum atomic E-state index is -0.255. The maximum atomic E-state index is 12.9. The van der Waals surface area contributed by atoms with Gasteiger partial charge >= 0.3 is 0 Å². The van der Waals surface area contributed by atoms with Crippen LogP contribution < -0.4 is 0 Å². The predicted octanol–water partition coefficient (Wildman–Crippen LogP) is 3.19. The van der Waals surface area contributed by atoms with E-state index in [1.54, 1.807) is 18.3 Å². The molecule has 0 saturated carbocycles. The second kappa shape index (κ2) is 5.34. The van der Waals surface area contributed by atoms with Crippen LogP contribution in [-0.2, 0) is 6.54 Å². The van der Waals surface area contributed by atoms with Crippen molar-refractivity contribution in [3.63, 3.8) is 0 Å². The van der Waals surface area contributed by atoms with Gasteiger partial charge in [-0.05, 0) is 42.0 Å². The number of aromatic amines is 1. The van der Waals surface area contributed by atoms with E-state index in [0.717, 1.165) is 11.3 Å². The van der Waals surface area contributed by atoms with Crippen molar-refractivity contribution in [1.82, 2.24) is 19.7 Å². The number of aromatic nitrogens is 4. The Labute approximate surface area is 119 Å². The molecule has 2 aromatic heterocycles. The molecule has 0 atom stereocenters. The molecule has 0 saturated heterocycles. The third kappa shape index (κ3) is 2.50. The first-order chi connectivity index (χ1) is 9.74. The molecule has 0 unspecified atom stereocenters. The molecular weight excluding hydrogens is 275 g/mol. The molecule has 6 heteroatoms. The standard InChI is InChI=1S/C14H11FN4S/c15-11-6-4-10(5-7-11)9-19-13(17-18-14(19)20)12-3-1-2-8-16-12/h1-8H,9H2,(H,18,20). The lowest BCUT2D eigenvalue weighted by Crippen LogP contribution is -2.03. The Hall–Kier alpha value is -2.34. The van der Waals surface area contributed by atoms with Gasteiger partial charge in [-0.3, -0.25) is 14.6 Å². The molecule has 1 aromatic carbocycles. The zero-order valence-corrected chi connectivity index (χ0v) is 11.3. The van der Waals surface area contributed by atoms with E-state index in [4.69, 9.17) is 12.2 Å². The molecule has 3 rings (SSSR count). The first-order valence-corrected chi connectivity index (χ1v) is 6.46. The van der Waals surface area contributed by atoms with Crippen molar-refractivity contribution in [2.24, 2.45) is 0 Å². The highest BCUT2D eigenvalue weighted by Gasteiger charge is 2.10. The first kappa shape index (κ1) is 12.7. The summed E-state index contributed by atoms with van der Waals surface area (Å²) in [6, 6.07) is 11.9. The topological polar surface area (TPSA) is 46.5 Å². The van der Waals surface area contributed by atoms with E-state index >= 15 is 0 Å². The fraction of sp³-hybridized carbons (Fsp3) is 0.0714. The second-order valence-electron chi connectivity index (χ2n) is 4.28. The molecule has 0 aliphatic heterocycles. The highest BCUT2D eigenvalue weighted by atomic mass is 32.1. The van der Waals surface area contributed by atoms with Crippen LogP contribution in [0.4, 0.5) is 4.39 Å². The van der Waals surface area contributed by atoms with Crippen LogP contribution >= 0.6 is 12.2 Å². The SMILES string of the molecule is Fc1ccc(Cn2c(-c3ccccn3)n[nH]c2=S)cc1. The fourth-order valence-electron chi connectivity index (χ4n) is 1.93. The van der Waals surface area contributed by atoms with Gasteiger partial charge in [0.1, 0.15) is 11.5 Å². The van der Waals surface area contributed by atoms with Gasteiger partial charge in [-0.1, -0.05) is 18.2 Å². The Balaban J connectivity index is 2.00. The summed E-state index contributed by atoms with van der Waals surface area (Å²) in [5.74, 6) is 0.411. The Morgan fingerprint density at radius 1 is 1.15 bits per heavy atom. The molecular formula is C14H11FN4S. The van der Waals surface area contributed by atoms with Crippen LogP contribution in [0.15, 0.2) is 48.7 Å². The van der Waals surface area contributed by atoms with Gasteiger partial charge in [-0.25, -0.2) is 4.39 Å². The van der Waals surface area contributed by atoms with E-state index in [1.807, 2.05) is 22.8 Å². The van der Waals surface area contributed by atoms with Gasteiger partial charge in [0.2, 0.25) is 0 Å². The van der Waals surface area contributed by atoms with E-state index < -0.39 is 0 Å². The number of nitrogens with one attached hydrogen (secondary N) is 1. The van der Waals surface area contributed by atoms with Crippen LogP contribution in [0, 0.1) is 10.6 Å². The van der Waals surface area contributed by atoms with Crippen molar-refractivity contribution >= 4 is 12.2 Å². The largest absolute Gasteiger partial charge is 0.294 e. The van der Waals surface area contributed by atoms with Gasteiger partial charge < -0.3 is 0 Å². The summed E-state index contributed by atoms with van der Waals surface area (Å²) in [4.78, 5) is 4.27. The van der Waals surface area contributed by atoms with Gasteiger partial charge in [0.05, 0.1) is 6.54 Å². The van der Waals surface area contributed by atoms with E-state index in [1.165, 1.54) is 12.1 Å². The normalized spacial score (nSPS) is 10.7. The summed E-state index contributed by atoms with van der Waals surface area (Å²) >= 11 is 5.24. The third-order valence-electron chi connectivity index (χ3n) is 2.91. The van der Waals surface area contributed by atoms with Crippen LogP contribution in [0.1, 0.15) is 5.56 Å². The highest BCUT2D eigenvalue weighted by molar-refractivity contribution is 7.71. The summed E-state index contributed by atoms with van der Waals surface area (Å²) in [6.07, 6.45) is 1.70. The highest BCUT2D eigenvalue weighted by Crippen LogP contribution is 2.16. The number of rotatable bonds is 3. The van der Waals surface area contributed by atoms with Gasteiger partial charge in [0.15, 0.2) is 10.6 Å². The van der Waals surface area contributed by atoms with Gasteiger partial charge in [-0.15, -0.1) is 0 Å². The summed E-state index contributed by atoms with van der Waals surface area (Å²) in [5.41, 5.74) is 1.68.